The van der Waals surface area contributed by atoms with Gasteiger partial charge in [0.2, 0.25) is 11.8 Å². The van der Waals surface area contributed by atoms with Gasteiger partial charge in [0.15, 0.2) is 0 Å². The summed E-state index contributed by atoms with van der Waals surface area (Å²) in [7, 11) is 0. The van der Waals surface area contributed by atoms with Crippen LogP contribution in [0, 0.1) is 0 Å². The number of furan rings is 1. The van der Waals surface area contributed by atoms with Crippen LogP contribution in [-0.2, 0) is 22.6 Å². The fourth-order valence-electron chi connectivity index (χ4n) is 2.79. The van der Waals surface area contributed by atoms with Gasteiger partial charge in [0.25, 0.3) is 5.56 Å². The van der Waals surface area contributed by atoms with Crippen LogP contribution >= 0.6 is 0 Å². The molecule has 0 aliphatic rings. The molecule has 0 saturated carbocycles. The van der Waals surface area contributed by atoms with Crippen molar-refractivity contribution in [2.24, 2.45) is 0 Å². The molecule has 3 rings (SSSR count). The lowest BCUT2D eigenvalue weighted by Gasteiger charge is -2.13. The molecule has 3 N–H and O–H groups in total. The molecule has 1 atom stereocenters. The molecule has 0 spiro atoms. The predicted octanol–water partition coefficient (Wildman–Crippen LogP) is 1.66. The van der Waals surface area contributed by atoms with E-state index in [0.29, 0.717) is 35.3 Å². The molecule has 0 bridgehead atoms. The zero-order valence-electron chi connectivity index (χ0n) is 15.5. The summed E-state index contributed by atoms with van der Waals surface area (Å²) in [5.41, 5.74) is 0.444. The summed E-state index contributed by atoms with van der Waals surface area (Å²) in [5.74, 6) is 0.665. The minimum absolute atomic E-state index is 0.188. The van der Waals surface area contributed by atoms with Gasteiger partial charge in [-0.3, -0.25) is 14.4 Å². The molecule has 2 amide bonds. The number of carbonyl (C=O) groups excluding carboxylic acids is 2. The second kappa shape index (κ2) is 8.98. The van der Waals surface area contributed by atoms with E-state index in [0.717, 1.165) is 0 Å². The molecule has 0 aliphatic carbocycles. The van der Waals surface area contributed by atoms with Gasteiger partial charge in [-0.2, -0.15) is 0 Å². The number of aryl methyl sites for hydroxylation is 1. The minimum atomic E-state index is -0.652. The fraction of sp³-hybridized carbons (Fsp3) is 0.300. The van der Waals surface area contributed by atoms with Crippen LogP contribution in [0.1, 0.15) is 31.4 Å². The molecule has 1 unspecified atom stereocenters. The van der Waals surface area contributed by atoms with Crippen LogP contribution < -0.4 is 16.2 Å². The van der Waals surface area contributed by atoms with E-state index in [1.54, 1.807) is 37.3 Å². The van der Waals surface area contributed by atoms with Crippen molar-refractivity contribution in [2.75, 3.05) is 0 Å². The third-order valence-corrected chi connectivity index (χ3v) is 4.27. The Kier molecular flexibility index (Phi) is 6.21. The zero-order valence-corrected chi connectivity index (χ0v) is 15.5. The van der Waals surface area contributed by atoms with Crippen LogP contribution in [0.4, 0.5) is 0 Å². The number of amides is 2. The highest BCUT2D eigenvalue weighted by molar-refractivity contribution is 5.87. The lowest BCUT2D eigenvalue weighted by Crippen LogP contribution is -2.44. The Labute approximate surface area is 161 Å². The van der Waals surface area contributed by atoms with Gasteiger partial charge >= 0.3 is 0 Å². The zero-order chi connectivity index (χ0) is 19.9. The Hall–Kier alpha value is -3.42. The van der Waals surface area contributed by atoms with E-state index >= 15 is 0 Å². The second-order valence-electron chi connectivity index (χ2n) is 6.47. The van der Waals surface area contributed by atoms with Gasteiger partial charge in [0.1, 0.15) is 17.6 Å². The number of hydrogen-bond acceptors (Lipinski definition) is 5. The Morgan fingerprint density at radius 2 is 2.04 bits per heavy atom. The molecule has 1 aromatic carbocycles. The number of nitrogens with zero attached hydrogens (tertiary/aromatic N) is 1. The number of para-hydroxylation sites is 1. The van der Waals surface area contributed by atoms with Gasteiger partial charge in [-0.15, -0.1) is 0 Å². The van der Waals surface area contributed by atoms with E-state index in [1.165, 1.54) is 6.26 Å². The summed E-state index contributed by atoms with van der Waals surface area (Å²) in [5, 5.41) is 5.90. The number of aromatic nitrogens is 2. The first kappa shape index (κ1) is 19.3. The molecule has 146 valence electrons. The number of carbonyl (C=O) groups is 2. The van der Waals surface area contributed by atoms with Gasteiger partial charge in [0.05, 0.1) is 23.7 Å². The number of rotatable bonds is 8. The van der Waals surface area contributed by atoms with Gasteiger partial charge in [-0.1, -0.05) is 12.1 Å². The maximum absolute atomic E-state index is 12.1. The number of benzene rings is 1. The summed E-state index contributed by atoms with van der Waals surface area (Å²) in [6.07, 6.45) is 2.73. The van der Waals surface area contributed by atoms with Crippen LogP contribution in [0.3, 0.4) is 0 Å². The van der Waals surface area contributed by atoms with Crippen LogP contribution in [0.25, 0.3) is 10.9 Å². The molecule has 8 heteroatoms. The lowest BCUT2D eigenvalue weighted by molar-refractivity contribution is -0.128. The van der Waals surface area contributed by atoms with Gasteiger partial charge in [0, 0.05) is 12.8 Å². The van der Waals surface area contributed by atoms with E-state index in [1.807, 2.05) is 6.07 Å². The number of aromatic amines is 1. The summed E-state index contributed by atoms with van der Waals surface area (Å²) in [4.78, 5) is 43.3. The van der Waals surface area contributed by atoms with E-state index in [9.17, 15) is 14.4 Å². The molecule has 28 heavy (non-hydrogen) atoms. The number of H-pyrrole nitrogens is 1. The normalized spacial score (nSPS) is 11.9. The van der Waals surface area contributed by atoms with Crippen LogP contribution in [0.15, 0.2) is 51.9 Å². The van der Waals surface area contributed by atoms with Gasteiger partial charge in [-0.25, -0.2) is 4.98 Å². The summed E-state index contributed by atoms with van der Waals surface area (Å²) in [6.45, 7) is 1.89. The maximum Gasteiger partial charge on any atom is 0.258 e. The van der Waals surface area contributed by atoms with Crippen molar-refractivity contribution in [3.05, 3.63) is 64.6 Å². The van der Waals surface area contributed by atoms with Crippen LogP contribution in [0.5, 0.6) is 0 Å². The molecule has 3 aromatic rings. The first-order chi connectivity index (χ1) is 13.5. The average molecular weight is 382 g/mol. The first-order valence-corrected chi connectivity index (χ1v) is 9.10. The fourth-order valence-corrected chi connectivity index (χ4v) is 2.79. The highest BCUT2D eigenvalue weighted by atomic mass is 16.3. The van der Waals surface area contributed by atoms with Crippen LogP contribution in [0.2, 0.25) is 0 Å². The Morgan fingerprint density at radius 1 is 1.21 bits per heavy atom. The first-order valence-electron chi connectivity index (χ1n) is 9.10. The topological polar surface area (TPSA) is 117 Å². The van der Waals surface area contributed by atoms with Crippen molar-refractivity contribution < 1.29 is 14.0 Å². The largest absolute Gasteiger partial charge is 0.467 e. The van der Waals surface area contributed by atoms with Crippen molar-refractivity contribution >= 4 is 22.7 Å². The molecule has 2 aromatic heterocycles. The van der Waals surface area contributed by atoms with Crippen molar-refractivity contribution in [3.8, 4) is 0 Å². The van der Waals surface area contributed by atoms with Crippen molar-refractivity contribution in [1.29, 1.82) is 0 Å². The minimum Gasteiger partial charge on any atom is -0.467 e. The quantitative estimate of drug-likeness (QED) is 0.548. The summed E-state index contributed by atoms with van der Waals surface area (Å²) in [6, 6.07) is 9.96. The molecular weight excluding hydrogens is 360 g/mol. The summed E-state index contributed by atoms with van der Waals surface area (Å²) >= 11 is 0. The highest BCUT2D eigenvalue weighted by Crippen LogP contribution is 2.07. The third-order valence-electron chi connectivity index (χ3n) is 4.27. The average Bonchev–Trinajstić information content (AvgIpc) is 3.19. The second-order valence-corrected chi connectivity index (χ2v) is 6.47. The van der Waals surface area contributed by atoms with Gasteiger partial charge < -0.3 is 20.0 Å². The van der Waals surface area contributed by atoms with Gasteiger partial charge in [-0.05, 0) is 37.6 Å². The van der Waals surface area contributed by atoms with Crippen molar-refractivity contribution in [1.82, 2.24) is 20.6 Å². The number of nitrogens with one attached hydrogen (secondary N) is 3. The molecule has 0 saturated heterocycles. The highest BCUT2D eigenvalue weighted by Gasteiger charge is 2.15. The Bertz CT molecular complexity index is 1010. The standard InChI is InChI=1S/C20H22N4O4/c1-13(19(26)21-12-14-6-5-11-28-14)22-18(25)10-4-9-17-23-16-8-3-2-7-15(16)20(27)24-17/h2-3,5-8,11,13H,4,9-10,12H2,1H3,(H,21,26)(H,22,25)(H,23,24,27). The third kappa shape index (κ3) is 5.06. The van der Waals surface area contributed by atoms with E-state index < -0.39 is 6.04 Å². The smallest absolute Gasteiger partial charge is 0.258 e. The molecule has 2 heterocycles. The number of fused-ring (bicyclic) bond motifs is 1. The Morgan fingerprint density at radius 3 is 2.82 bits per heavy atom. The monoisotopic (exact) mass is 382 g/mol. The maximum atomic E-state index is 12.1. The molecular formula is C20H22N4O4. The van der Waals surface area contributed by atoms with E-state index in [2.05, 4.69) is 20.6 Å². The van der Waals surface area contributed by atoms with Crippen molar-refractivity contribution in [3.63, 3.8) is 0 Å². The summed E-state index contributed by atoms with van der Waals surface area (Å²) < 4.78 is 5.14. The Balaban J connectivity index is 1.44. The SMILES string of the molecule is CC(NC(=O)CCCc1nc2ccccc2c(=O)[nH]1)C(=O)NCc1ccco1. The van der Waals surface area contributed by atoms with E-state index in [4.69, 9.17) is 4.42 Å². The molecule has 0 fully saturated rings. The van der Waals surface area contributed by atoms with Crippen molar-refractivity contribution in [2.45, 2.75) is 38.8 Å². The molecule has 0 radical (unpaired) electrons. The molecule has 8 nitrogen and oxygen atoms in total. The molecule has 0 aliphatic heterocycles. The number of hydrogen-bond donors (Lipinski definition) is 3. The predicted molar refractivity (Wildman–Crippen MR) is 103 cm³/mol. The van der Waals surface area contributed by atoms with E-state index in [-0.39, 0.29) is 30.3 Å². The van der Waals surface area contributed by atoms with Crippen LogP contribution in [-0.4, -0.2) is 27.8 Å². The lowest BCUT2D eigenvalue weighted by atomic mass is 10.2.